The van der Waals surface area contributed by atoms with Crippen LogP contribution >= 0.6 is 15.9 Å². The molecule has 0 aliphatic rings. The lowest BCUT2D eigenvalue weighted by Gasteiger charge is -2.25. The average Bonchev–Trinajstić information content (AvgIpc) is 2.39. The third kappa shape index (κ3) is 4.81. The highest BCUT2D eigenvalue weighted by Crippen LogP contribution is 2.24. The van der Waals surface area contributed by atoms with Crippen molar-refractivity contribution in [2.24, 2.45) is 0 Å². The van der Waals surface area contributed by atoms with Crippen LogP contribution in [0, 0.1) is 0 Å². The molecule has 0 radical (unpaired) electrons. The van der Waals surface area contributed by atoms with E-state index in [0.29, 0.717) is 32.0 Å². The van der Waals surface area contributed by atoms with Crippen LogP contribution in [0.25, 0.3) is 0 Å². The van der Waals surface area contributed by atoms with Crippen molar-refractivity contribution in [1.82, 2.24) is 0 Å². The molecular formula is C13H18BrNO4. The van der Waals surface area contributed by atoms with Gasteiger partial charge in [-0.2, -0.15) is 0 Å². The minimum Gasteiger partial charge on any atom is -0.478 e. The summed E-state index contributed by atoms with van der Waals surface area (Å²) in [6.45, 7) is 2.28. The summed E-state index contributed by atoms with van der Waals surface area (Å²) < 4.78 is 10.9. The second kappa shape index (κ2) is 8.14. The van der Waals surface area contributed by atoms with Gasteiger partial charge >= 0.3 is 5.97 Å². The smallest absolute Gasteiger partial charge is 0.337 e. The molecule has 1 rings (SSSR count). The number of nitrogens with zero attached hydrogens (tertiary/aromatic N) is 1. The van der Waals surface area contributed by atoms with Crippen LogP contribution in [0.4, 0.5) is 5.69 Å². The van der Waals surface area contributed by atoms with Gasteiger partial charge in [-0.15, -0.1) is 0 Å². The number of carbonyl (C=O) groups is 1. The molecule has 5 nitrogen and oxygen atoms in total. The lowest BCUT2D eigenvalue weighted by Crippen LogP contribution is -2.32. The number of carboxylic acid groups (broad SMARTS) is 1. The number of aromatic carboxylic acids is 1. The minimum absolute atomic E-state index is 0.265. The van der Waals surface area contributed by atoms with Crippen LogP contribution in [0.15, 0.2) is 22.7 Å². The van der Waals surface area contributed by atoms with E-state index in [1.807, 2.05) is 11.0 Å². The number of methoxy groups -OCH3 is 2. The Labute approximate surface area is 121 Å². The zero-order valence-corrected chi connectivity index (χ0v) is 12.6. The fourth-order valence-electron chi connectivity index (χ4n) is 1.71. The highest BCUT2D eigenvalue weighted by molar-refractivity contribution is 9.10. The van der Waals surface area contributed by atoms with Crippen LogP contribution in [0.2, 0.25) is 0 Å². The topological polar surface area (TPSA) is 59.0 Å². The van der Waals surface area contributed by atoms with E-state index in [-0.39, 0.29) is 5.56 Å². The Morgan fingerprint density at radius 3 is 2.32 bits per heavy atom. The number of rotatable bonds is 8. The van der Waals surface area contributed by atoms with Gasteiger partial charge in [-0.3, -0.25) is 0 Å². The summed E-state index contributed by atoms with van der Waals surface area (Å²) in [6.07, 6.45) is 0. The van der Waals surface area contributed by atoms with E-state index < -0.39 is 5.97 Å². The predicted octanol–water partition coefficient (Wildman–Crippen LogP) is 2.25. The third-order valence-corrected chi connectivity index (χ3v) is 3.15. The Balaban J connectivity index is 3.02. The van der Waals surface area contributed by atoms with Gasteiger partial charge < -0.3 is 19.5 Å². The molecule has 0 atom stereocenters. The highest BCUT2D eigenvalue weighted by atomic mass is 79.9. The second-order valence-corrected chi connectivity index (χ2v) is 4.85. The van der Waals surface area contributed by atoms with E-state index in [0.717, 1.165) is 4.47 Å². The van der Waals surface area contributed by atoms with Crippen LogP contribution < -0.4 is 4.90 Å². The molecule has 1 aromatic rings. The SMILES string of the molecule is COCCN(CCOC)c1ccc(Br)cc1C(=O)O. The molecule has 0 aliphatic heterocycles. The maximum Gasteiger partial charge on any atom is 0.337 e. The maximum atomic E-state index is 11.3. The number of benzene rings is 1. The van der Waals surface area contributed by atoms with Gasteiger partial charge in [0.05, 0.1) is 24.5 Å². The Kier molecular flexibility index (Phi) is 6.83. The number of hydrogen-bond acceptors (Lipinski definition) is 4. The molecule has 0 aromatic heterocycles. The molecular weight excluding hydrogens is 314 g/mol. The van der Waals surface area contributed by atoms with E-state index in [1.54, 1.807) is 26.4 Å². The van der Waals surface area contributed by atoms with E-state index >= 15 is 0 Å². The Morgan fingerprint density at radius 1 is 1.26 bits per heavy atom. The van der Waals surface area contributed by atoms with Gasteiger partial charge in [0, 0.05) is 31.8 Å². The van der Waals surface area contributed by atoms with E-state index in [2.05, 4.69) is 15.9 Å². The fourth-order valence-corrected chi connectivity index (χ4v) is 2.07. The van der Waals surface area contributed by atoms with E-state index in [1.165, 1.54) is 0 Å². The quantitative estimate of drug-likeness (QED) is 0.791. The number of hydrogen-bond donors (Lipinski definition) is 1. The molecule has 0 unspecified atom stereocenters. The third-order valence-electron chi connectivity index (χ3n) is 2.66. The molecule has 0 bridgehead atoms. The number of anilines is 1. The Morgan fingerprint density at radius 2 is 1.84 bits per heavy atom. The van der Waals surface area contributed by atoms with Crippen molar-refractivity contribution in [2.75, 3.05) is 45.4 Å². The minimum atomic E-state index is -0.948. The molecule has 0 spiro atoms. The monoisotopic (exact) mass is 331 g/mol. The van der Waals surface area contributed by atoms with Crippen molar-refractivity contribution >= 4 is 27.6 Å². The standard InChI is InChI=1S/C13H18BrNO4/c1-18-7-5-15(6-8-19-2)12-4-3-10(14)9-11(12)13(16)17/h3-4,9H,5-8H2,1-2H3,(H,16,17). The number of carboxylic acids is 1. The molecule has 1 aromatic carbocycles. The van der Waals surface area contributed by atoms with Crippen LogP contribution in [0.1, 0.15) is 10.4 Å². The van der Waals surface area contributed by atoms with Crippen LogP contribution in [-0.4, -0.2) is 51.6 Å². The molecule has 0 saturated carbocycles. The highest BCUT2D eigenvalue weighted by Gasteiger charge is 2.16. The first-order valence-electron chi connectivity index (χ1n) is 5.85. The van der Waals surface area contributed by atoms with Crippen molar-refractivity contribution < 1.29 is 19.4 Å². The summed E-state index contributed by atoms with van der Waals surface area (Å²) in [5.41, 5.74) is 0.936. The Hall–Kier alpha value is -1.11. The summed E-state index contributed by atoms with van der Waals surface area (Å²) in [5.74, 6) is -0.948. The first-order valence-corrected chi connectivity index (χ1v) is 6.65. The van der Waals surface area contributed by atoms with Gasteiger partial charge in [-0.05, 0) is 18.2 Å². The van der Waals surface area contributed by atoms with Crippen LogP contribution in [0.5, 0.6) is 0 Å². The first-order chi connectivity index (χ1) is 9.10. The summed E-state index contributed by atoms with van der Waals surface area (Å²) >= 11 is 3.29. The molecule has 0 aliphatic carbocycles. The van der Waals surface area contributed by atoms with Crippen molar-refractivity contribution in [3.8, 4) is 0 Å². The average molecular weight is 332 g/mol. The van der Waals surface area contributed by atoms with Gasteiger partial charge in [0.2, 0.25) is 0 Å². The van der Waals surface area contributed by atoms with Crippen molar-refractivity contribution in [3.63, 3.8) is 0 Å². The van der Waals surface area contributed by atoms with Gasteiger partial charge in [0.1, 0.15) is 0 Å². The predicted molar refractivity (Wildman–Crippen MR) is 77.1 cm³/mol. The normalized spacial score (nSPS) is 10.5. The molecule has 0 heterocycles. The van der Waals surface area contributed by atoms with Crippen molar-refractivity contribution in [3.05, 3.63) is 28.2 Å². The molecule has 19 heavy (non-hydrogen) atoms. The zero-order valence-electron chi connectivity index (χ0n) is 11.1. The van der Waals surface area contributed by atoms with Crippen LogP contribution in [-0.2, 0) is 9.47 Å². The summed E-state index contributed by atoms with van der Waals surface area (Å²) in [4.78, 5) is 13.3. The van der Waals surface area contributed by atoms with Gasteiger partial charge in [0.15, 0.2) is 0 Å². The largest absolute Gasteiger partial charge is 0.478 e. The first kappa shape index (κ1) is 15.9. The molecule has 0 amide bonds. The van der Waals surface area contributed by atoms with Gasteiger partial charge in [-0.1, -0.05) is 15.9 Å². The Bertz CT molecular complexity index is 417. The van der Waals surface area contributed by atoms with E-state index in [9.17, 15) is 9.90 Å². The van der Waals surface area contributed by atoms with Crippen molar-refractivity contribution in [1.29, 1.82) is 0 Å². The lowest BCUT2D eigenvalue weighted by atomic mass is 10.1. The van der Waals surface area contributed by atoms with Crippen LogP contribution in [0.3, 0.4) is 0 Å². The number of halogens is 1. The van der Waals surface area contributed by atoms with Gasteiger partial charge in [-0.25, -0.2) is 4.79 Å². The fraction of sp³-hybridized carbons (Fsp3) is 0.462. The molecule has 1 N–H and O–H groups in total. The molecule has 0 fully saturated rings. The second-order valence-electron chi connectivity index (χ2n) is 3.94. The summed E-state index contributed by atoms with van der Waals surface area (Å²) in [6, 6.07) is 5.22. The number of ether oxygens (including phenoxy) is 2. The van der Waals surface area contributed by atoms with E-state index in [4.69, 9.17) is 9.47 Å². The lowest BCUT2D eigenvalue weighted by molar-refractivity contribution is 0.0697. The summed E-state index contributed by atoms with van der Waals surface area (Å²) in [5, 5.41) is 9.28. The molecule has 6 heteroatoms. The zero-order chi connectivity index (χ0) is 14.3. The maximum absolute atomic E-state index is 11.3. The molecule has 106 valence electrons. The summed E-state index contributed by atoms with van der Waals surface area (Å²) in [7, 11) is 3.24. The van der Waals surface area contributed by atoms with Crippen molar-refractivity contribution in [2.45, 2.75) is 0 Å². The molecule has 0 saturated heterocycles. The van der Waals surface area contributed by atoms with Gasteiger partial charge in [0.25, 0.3) is 0 Å².